The van der Waals surface area contributed by atoms with Gasteiger partial charge in [-0.2, -0.15) is 0 Å². The first-order valence-electron chi connectivity index (χ1n) is 8.06. The Morgan fingerprint density at radius 3 is 2.83 bits per heavy atom. The van der Waals surface area contributed by atoms with Crippen LogP contribution in [0.4, 0.5) is 0 Å². The van der Waals surface area contributed by atoms with Gasteiger partial charge in [0.05, 0.1) is 23.1 Å². The second-order valence-corrected chi connectivity index (χ2v) is 6.08. The lowest BCUT2D eigenvalue weighted by Crippen LogP contribution is -2.17. The van der Waals surface area contributed by atoms with Gasteiger partial charge in [0.15, 0.2) is 0 Å². The Morgan fingerprint density at radius 1 is 1.30 bits per heavy atom. The number of para-hydroxylation sites is 1. The minimum atomic E-state index is 0.0730. The van der Waals surface area contributed by atoms with Crippen molar-refractivity contribution in [2.24, 2.45) is 0 Å². The van der Waals surface area contributed by atoms with Gasteiger partial charge in [0.1, 0.15) is 5.52 Å². The van der Waals surface area contributed by atoms with Crippen LogP contribution in [-0.2, 0) is 11.3 Å². The summed E-state index contributed by atoms with van der Waals surface area (Å²) in [6.07, 6.45) is 3.18. The van der Waals surface area contributed by atoms with Crippen molar-refractivity contribution in [3.63, 3.8) is 0 Å². The molecule has 0 fully saturated rings. The number of hydrogen-bond acceptors (Lipinski definition) is 3. The van der Waals surface area contributed by atoms with Crippen LogP contribution < -0.4 is 5.32 Å². The van der Waals surface area contributed by atoms with Crippen LogP contribution in [0.15, 0.2) is 30.6 Å². The van der Waals surface area contributed by atoms with Gasteiger partial charge in [-0.05, 0) is 18.4 Å². The quantitative estimate of drug-likeness (QED) is 0.787. The van der Waals surface area contributed by atoms with E-state index in [1.807, 2.05) is 24.5 Å². The van der Waals surface area contributed by atoms with Gasteiger partial charge in [0.2, 0.25) is 5.91 Å². The third-order valence-corrected chi connectivity index (χ3v) is 4.11. The molecule has 3 aromatic rings. The third kappa shape index (κ3) is 2.91. The van der Waals surface area contributed by atoms with E-state index >= 15 is 0 Å². The average molecular weight is 310 g/mol. The zero-order valence-electron chi connectivity index (χ0n) is 13.8. The fraction of sp³-hybridized carbons (Fsp3) is 0.389. The first-order chi connectivity index (χ1) is 11.1. The van der Waals surface area contributed by atoms with Crippen molar-refractivity contribution in [1.29, 1.82) is 0 Å². The van der Waals surface area contributed by atoms with E-state index in [9.17, 15) is 4.79 Å². The van der Waals surface area contributed by atoms with E-state index in [-0.39, 0.29) is 5.91 Å². The largest absolute Gasteiger partial charge is 0.359 e. The number of aryl methyl sites for hydroxylation is 1. The molecule has 1 N–H and O–H groups in total. The summed E-state index contributed by atoms with van der Waals surface area (Å²) in [5.74, 6) is 0.389. The average Bonchev–Trinajstić information content (AvgIpc) is 2.98. The van der Waals surface area contributed by atoms with E-state index in [0.29, 0.717) is 12.3 Å². The normalized spacial score (nSPS) is 11.5. The molecular formula is C18H22N4O. The number of imidazole rings is 1. The van der Waals surface area contributed by atoms with Gasteiger partial charge in [-0.1, -0.05) is 32.0 Å². The van der Waals surface area contributed by atoms with Crippen LogP contribution in [0.5, 0.6) is 0 Å². The maximum atomic E-state index is 11.4. The molecule has 3 rings (SSSR count). The summed E-state index contributed by atoms with van der Waals surface area (Å²) >= 11 is 0. The van der Waals surface area contributed by atoms with Crippen molar-refractivity contribution in [2.75, 3.05) is 7.05 Å². The fourth-order valence-corrected chi connectivity index (χ4v) is 2.91. The number of carbonyl (C=O) groups is 1. The van der Waals surface area contributed by atoms with E-state index in [1.165, 1.54) is 0 Å². The highest BCUT2D eigenvalue weighted by molar-refractivity contribution is 6.03. The maximum absolute atomic E-state index is 11.4. The second kappa shape index (κ2) is 6.36. The van der Waals surface area contributed by atoms with Crippen molar-refractivity contribution in [2.45, 2.75) is 39.2 Å². The number of hydrogen-bond donors (Lipinski definition) is 1. The maximum Gasteiger partial charge on any atom is 0.219 e. The fourth-order valence-electron chi connectivity index (χ4n) is 2.91. The number of pyridine rings is 1. The van der Waals surface area contributed by atoms with Gasteiger partial charge in [-0.15, -0.1) is 0 Å². The van der Waals surface area contributed by atoms with Gasteiger partial charge in [0.25, 0.3) is 0 Å². The van der Waals surface area contributed by atoms with Crippen molar-refractivity contribution in [1.82, 2.24) is 19.9 Å². The minimum Gasteiger partial charge on any atom is -0.359 e. The molecule has 1 amide bonds. The Labute approximate surface area is 135 Å². The lowest BCUT2D eigenvalue weighted by atomic mass is 10.1. The smallest absolute Gasteiger partial charge is 0.219 e. The van der Waals surface area contributed by atoms with Crippen LogP contribution >= 0.6 is 0 Å². The van der Waals surface area contributed by atoms with Crippen LogP contribution in [0.2, 0.25) is 0 Å². The van der Waals surface area contributed by atoms with Gasteiger partial charge in [0, 0.05) is 25.4 Å². The molecule has 0 radical (unpaired) electrons. The molecule has 120 valence electrons. The molecule has 0 bridgehead atoms. The van der Waals surface area contributed by atoms with Crippen LogP contribution in [-0.4, -0.2) is 27.5 Å². The van der Waals surface area contributed by atoms with Gasteiger partial charge < -0.3 is 9.88 Å². The van der Waals surface area contributed by atoms with Gasteiger partial charge in [-0.25, -0.2) is 4.98 Å². The van der Waals surface area contributed by atoms with E-state index < -0.39 is 0 Å². The first kappa shape index (κ1) is 15.5. The molecule has 1 aromatic carbocycles. The van der Waals surface area contributed by atoms with Crippen molar-refractivity contribution >= 4 is 27.8 Å². The molecule has 5 nitrogen and oxygen atoms in total. The lowest BCUT2D eigenvalue weighted by molar-refractivity contribution is -0.120. The Kier molecular flexibility index (Phi) is 4.28. The highest BCUT2D eigenvalue weighted by Gasteiger charge is 2.15. The molecule has 2 heterocycles. The zero-order chi connectivity index (χ0) is 16.4. The zero-order valence-corrected chi connectivity index (χ0v) is 13.8. The second-order valence-electron chi connectivity index (χ2n) is 6.08. The van der Waals surface area contributed by atoms with E-state index in [1.54, 1.807) is 7.05 Å². The SMILES string of the molecule is CNC(=O)CCCn1cnc2c(C(C)C)nc3ccccc3c21. The topological polar surface area (TPSA) is 59.8 Å². The van der Waals surface area contributed by atoms with Crippen LogP contribution in [0, 0.1) is 0 Å². The molecular weight excluding hydrogens is 288 g/mol. The van der Waals surface area contributed by atoms with Crippen LogP contribution in [0.3, 0.4) is 0 Å². The molecule has 23 heavy (non-hydrogen) atoms. The molecule has 0 atom stereocenters. The molecule has 0 saturated heterocycles. The van der Waals surface area contributed by atoms with Crippen LogP contribution in [0.1, 0.15) is 38.3 Å². The van der Waals surface area contributed by atoms with Gasteiger partial charge in [-0.3, -0.25) is 9.78 Å². The summed E-state index contributed by atoms with van der Waals surface area (Å²) in [5, 5.41) is 3.78. The summed E-state index contributed by atoms with van der Waals surface area (Å²) < 4.78 is 2.15. The summed E-state index contributed by atoms with van der Waals surface area (Å²) in [7, 11) is 1.67. The number of amides is 1. The molecule has 0 aliphatic carbocycles. The molecule has 0 saturated carbocycles. The molecule has 0 aliphatic heterocycles. The number of aromatic nitrogens is 3. The number of benzene rings is 1. The monoisotopic (exact) mass is 310 g/mol. The Balaban J connectivity index is 2.07. The first-order valence-corrected chi connectivity index (χ1v) is 8.06. The molecule has 5 heteroatoms. The van der Waals surface area contributed by atoms with Crippen molar-refractivity contribution in [3.8, 4) is 0 Å². The highest BCUT2D eigenvalue weighted by Crippen LogP contribution is 2.29. The van der Waals surface area contributed by atoms with Gasteiger partial charge >= 0.3 is 0 Å². The van der Waals surface area contributed by atoms with Crippen molar-refractivity contribution in [3.05, 3.63) is 36.3 Å². The Morgan fingerprint density at radius 2 is 2.09 bits per heavy atom. The van der Waals surface area contributed by atoms with E-state index in [2.05, 4.69) is 34.8 Å². The number of rotatable bonds is 5. The standard InChI is InChI=1S/C18H22N4O/c1-12(2)16-17-18(13-7-4-5-8-14(13)21-16)22(11-20-17)10-6-9-15(23)19-3/h4-5,7-8,11-12H,6,9-10H2,1-3H3,(H,19,23). The summed E-state index contributed by atoms with van der Waals surface area (Å²) in [4.78, 5) is 20.8. The minimum absolute atomic E-state index is 0.0730. The number of nitrogens with one attached hydrogen (secondary N) is 1. The third-order valence-electron chi connectivity index (χ3n) is 4.11. The van der Waals surface area contributed by atoms with Crippen LogP contribution in [0.25, 0.3) is 21.9 Å². The van der Waals surface area contributed by atoms with E-state index in [4.69, 9.17) is 4.98 Å². The number of carbonyl (C=O) groups excluding carboxylic acids is 1. The summed E-state index contributed by atoms with van der Waals surface area (Å²) in [6.45, 7) is 5.05. The molecule has 0 unspecified atom stereocenters. The number of fused-ring (bicyclic) bond motifs is 3. The lowest BCUT2D eigenvalue weighted by Gasteiger charge is -2.11. The highest BCUT2D eigenvalue weighted by atomic mass is 16.1. The molecule has 0 aliphatic rings. The Hall–Kier alpha value is -2.43. The van der Waals surface area contributed by atoms with Crippen molar-refractivity contribution < 1.29 is 4.79 Å². The molecule has 0 spiro atoms. The summed E-state index contributed by atoms with van der Waals surface area (Å²) in [6, 6.07) is 8.17. The number of nitrogens with zero attached hydrogens (tertiary/aromatic N) is 3. The predicted octanol–water partition coefficient (Wildman–Crippen LogP) is 3.23. The molecule has 2 aromatic heterocycles. The Bertz CT molecular complexity index is 851. The summed E-state index contributed by atoms with van der Waals surface area (Å²) in [5.41, 5.74) is 4.12. The van der Waals surface area contributed by atoms with E-state index in [0.717, 1.165) is 40.6 Å². The predicted molar refractivity (Wildman–Crippen MR) is 92.4 cm³/mol.